The van der Waals surface area contributed by atoms with E-state index in [1.807, 2.05) is 0 Å². The van der Waals surface area contributed by atoms with Crippen LogP contribution in [0.5, 0.6) is 11.6 Å². The van der Waals surface area contributed by atoms with E-state index in [2.05, 4.69) is 15.9 Å². The predicted octanol–water partition coefficient (Wildman–Crippen LogP) is 4.04. The topological polar surface area (TPSA) is 74.7 Å². The summed E-state index contributed by atoms with van der Waals surface area (Å²) in [6, 6.07) is 14.0. The standard InChI is InChI=1S/C21H13ClN2O3/c1-2-11-27-15-9-5-13(6-10-15)19-17-16(20(25)24-19)18(23-21(17)26)12-3-7-14(22)8-4-12/h1,3-10,24-25H,11H2. The number of aromatic hydroxyl groups is 1. The third kappa shape index (κ3) is 2.97. The van der Waals surface area contributed by atoms with Gasteiger partial charge in [0.05, 0.1) is 22.5 Å². The van der Waals surface area contributed by atoms with Gasteiger partial charge in [-0.1, -0.05) is 29.7 Å². The van der Waals surface area contributed by atoms with Crippen LogP contribution in [0.25, 0.3) is 11.3 Å². The van der Waals surface area contributed by atoms with E-state index in [0.717, 1.165) is 5.56 Å². The SMILES string of the molecule is C#CCOc1ccc(-c2[nH]c(O)c3c2C(=O)N=C3c2ccc(Cl)cc2)cc1. The number of ether oxygens (including phenoxy) is 1. The number of H-pyrrole nitrogens is 1. The summed E-state index contributed by atoms with van der Waals surface area (Å²) in [6.45, 7) is 0.175. The van der Waals surface area contributed by atoms with Gasteiger partial charge in [-0.15, -0.1) is 6.42 Å². The second-order valence-corrected chi connectivity index (χ2v) is 6.32. The number of aliphatic imine (C=N–C) groups is 1. The van der Waals surface area contributed by atoms with E-state index in [1.165, 1.54) is 0 Å². The van der Waals surface area contributed by atoms with Crippen molar-refractivity contribution in [1.82, 2.24) is 4.98 Å². The maximum absolute atomic E-state index is 12.5. The summed E-state index contributed by atoms with van der Waals surface area (Å²) in [7, 11) is 0. The van der Waals surface area contributed by atoms with Crippen LogP contribution in [0.15, 0.2) is 53.5 Å². The Morgan fingerprint density at radius 1 is 1.07 bits per heavy atom. The van der Waals surface area contributed by atoms with Crippen molar-refractivity contribution in [1.29, 1.82) is 0 Å². The van der Waals surface area contributed by atoms with Crippen molar-refractivity contribution in [2.75, 3.05) is 6.61 Å². The molecule has 0 atom stereocenters. The molecule has 0 radical (unpaired) electrons. The average molecular weight is 377 g/mol. The highest BCUT2D eigenvalue weighted by atomic mass is 35.5. The van der Waals surface area contributed by atoms with Crippen molar-refractivity contribution in [2.45, 2.75) is 0 Å². The molecule has 0 spiro atoms. The number of hydrogen-bond acceptors (Lipinski definition) is 3. The molecule has 0 saturated carbocycles. The summed E-state index contributed by atoms with van der Waals surface area (Å²) >= 11 is 5.92. The van der Waals surface area contributed by atoms with Gasteiger partial charge in [-0.25, -0.2) is 4.99 Å². The van der Waals surface area contributed by atoms with Crippen molar-refractivity contribution in [3.63, 3.8) is 0 Å². The third-order valence-corrected chi connectivity index (χ3v) is 4.48. The molecule has 2 N–H and O–H groups in total. The number of aromatic nitrogens is 1. The van der Waals surface area contributed by atoms with Gasteiger partial charge in [-0.2, -0.15) is 0 Å². The van der Waals surface area contributed by atoms with Gasteiger partial charge >= 0.3 is 0 Å². The molecule has 6 heteroatoms. The molecule has 3 aromatic rings. The van der Waals surface area contributed by atoms with Crippen LogP contribution in [0.4, 0.5) is 0 Å². The Morgan fingerprint density at radius 2 is 1.74 bits per heavy atom. The van der Waals surface area contributed by atoms with Gasteiger partial charge in [0.1, 0.15) is 12.4 Å². The first-order valence-corrected chi connectivity index (χ1v) is 8.47. The highest BCUT2D eigenvalue weighted by Crippen LogP contribution is 2.38. The van der Waals surface area contributed by atoms with Crippen molar-refractivity contribution >= 4 is 23.2 Å². The summed E-state index contributed by atoms with van der Waals surface area (Å²) in [5, 5.41) is 11.0. The van der Waals surface area contributed by atoms with Crippen LogP contribution in [0, 0.1) is 12.3 Å². The number of halogens is 1. The molecule has 2 aromatic carbocycles. The highest BCUT2D eigenvalue weighted by Gasteiger charge is 2.33. The smallest absolute Gasteiger partial charge is 0.280 e. The number of carbonyl (C=O) groups is 1. The lowest BCUT2D eigenvalue weighted by Gasteiger charge is -2.04. The molecule has 1 aliphatic heterocycles. The molecular weight excluding hydrogens is 364 g/mol. The second kappa shape index (κ2) is 6.67. The Hall–Kier alpha value is -3.49. The van der Waals surface area contributed by atoms with Crippen molar-refractivity contribution in [2.24, 2.45) is 4.99 Å². The second-order valence-electron chi connectivity index (χ2n) is 5.89. The Morgan fingerprint density at radius 3 is 2.41 bits per heavy atom. The molecule has 132 valence electrons. The van der Waals surface area contributed by atoms with Crippen LogP contribution in [-0.4, -0.2) is 28.3 Å². The minimum Gasteiger partial charge on any atom is -0.494 e. The molecular formula is C21H13ClN2O3. The van der Waals surface area contributed by atoms with Gasteiger partial charge in [-0.3, -0.25) is 4.79 Å². The maximum Gasteiger partial charge on any atom is 0.280 e. The number of fused-ring (bicyclic) bond motifs is 1. The van der Waals surface area contributed by atoms with Crippen molar-refractivity contribution in [3.8, 4) is 35.2 Å². The monoisotopic (exact) mass is 376 g/mol. The fraction of sp³-hybridized carbons (Fsp3) is 0.0476. The summed E-state index contributed by atoms with van der Waals surface area (Å²) in [5.41, 5.74) is 3.08. The number of benzene rings is 2. The van der Waals surface area contributed by atoms with Crippen LogP contribution < -0.4 is 4.74 Å². The zero-order valence-corrected chi connectivity index (χ0v) is 14.7. The van der Waals surface area contributed by atoms with E-state index >= 15 is 0 Å². The van der Waals surface area contributed by atoms with Crippen LogP contribution in [0.3, 0.4) is 0 Å². The van der Waals surface area contributed by atoms with E-state index in [9.17, 15) is 9.90 Å². The number of nitrogens with zero attached hydrogens (tertiary/aromatic N) is 1. The normalized spacial score (nSPS) is 12.4. The van der Waals surface area contributed by atoms with E-state index in [4.69, 9.17) is 22.8 Å². The maximum atomic E-state index is 12.5. The molecule has 1 amide bonds. The van der Waals surface area contributed by atoms with E-state index in [-0.39, 0.29) is 12.5 Å². The summed E-state index contributed by atoms with van der Waals surface area (Å²) in [6.07, 6.45) is 5.18. The first-order valence-electron chi connectivity index (χ1n) is 8.09. The van der Waals surface area contributed by atoms with Gasteiger partial charge in [-0.05, 0) is 42.0 Å². The first-order chi connectivity index (χ1) is 13.1. The lowest BCUT2D eigenvalue weighted by molar-refractivity contribution is 0.101. The Bertz CT molecular complexity index is 1100. The van der Waals surface area contributed by atoms with Gasteiger partial charge in [0.2, 0.25) is 0 Å². The Balaban J connectivity index is 1.74. The number of nitrogens with one attached hydrogen (secondary N) is 1. The van der Waals surface area contributed by atoms with E-state index < -0.39 is 5.91 Å². The number of rotatable bonds is 4. The summed E-state index contributed by atoms with van der Waals surface area (Å²) in [5.74, 6) is 2.51. The quantitative estimate of drug-likeness (QED) is 0.675. The minimum atomic E-state index is -0.408. The molecule has 0 saturated heterocycles. The summed E-state index contributed by atoms with van der Waals surface area (Å²) < 4.78 is 5.35. The molecule has 0 fully saturated rings. The van der Waals surface area contributed by atoms with E-state index in [0.29, 0.717) is 38.9 Å². The average Bonchev–Trinajstić information content (AvgIpc) is 3.20. The van der Waals surface area contributed by atoms with Crippen LogP contribution in [-0.2, 0) is 0 Å². The Kier molecular flexibility index (Phi) is 4.19. The molecule has 1 aliphatic rings. The molecule has 0 unspecified atom stereocenters. The molecule has 5 nitrogen and oxygen atoms in total. The van der Waals surface area contributed by atoms with Gasteiger partial charge in [0.25, 0.3) is 5.91 Å². The molecule has 1 aromatic heterocycles. The lowest BCUT2D eigenvalue weighted by atomic mass is 10.0. The minimum absolute atomic E-state index is 0.104. The number of carbonyl (C=O) groups excluding carboxylic acids is 1. The van der Waals surface area contributed by atoms with Crippen LogP contribution in [0.1, 0.15) is 21.5 Å². The molecule has 0 aliphatic carbocycles. The largest absolute Gasteiger partial charge is 0.494 e. The third-order valence-electron chi connectivity index (χ3n) is 4.23. The van der Waals surface area contributed by atoms with E-state index in [1.54, 1.807) is 48.5 Å². The van der Waals surface area contributed by atoms with Crippen LogP contribution >= 0.6 is 11.6 Å². The zero-order chi connectivity index (χ0) is 19.0. The number of terminal acetylenes is 1. The molecule has 27 heavy (non-hydrogen) atoms. The van der Waals surface area contributed by atoms with Gasteiger partial charge in [0, 0.05) is 10.6 Å². The van der Waals surface area contributed by atoms with Crippen molar-refractivity contribution < 1.29 is 14.6 Å². The highest BCUT2D eigenvalue weighted by molar-refractivity contribution is 6.32. The van der Waals surface area contributed by atoms with Crippen molar-refractivity contribution in [3.05, 3.63) is 70.2 Å². The van der Waals surface area contributed by atoms with Gasteiger partial charge in [0.15, 0.2) is 5.88 Å². The number of hydrogen-bond donors (Lipinski definition) is 2. The zero-order valence-electron chi connectivity index (χ0n) is 14.0. The summed E-state index contributed by atoms with van der Waals surface area (Å²) in [4.78, 5) is 19.6. The predicted molar refractivity (Wildman–Crippen MR) is 104 cm³/mol. The first kappa shape index (κ1) is 17.0. The van der Waals surface area contributed by atoms with Gasteiger partial charge < -0.3 is 14.8 Å². The fourth-order valence-corrected chi connectivity index (χ4v) is 3.15. The lowest BCUT2D eigenvalue weighted by Crippen LogP contribution is -1.99. The fourth-order valence-electron chi connectivity index (χ4n) is 3.02. The Labute approximate surface area is 160 Å². The number of aromatic amines is 1. The number of amides is 1. The molecule has 0 bridgehead atoms. The van der Waals surface area contributed by atoms with Crippen LogP contribution in [0.2, 0.25) is 5.02 Å². The molecule has 4 rings (SSSR count). The molecule has 2 heterocycles.